The SMILES string of the molecule is O=C(CCSSCCO)CCC(C(=O)CC(=O)N1Cc2ccccc2C#Cc2ccccc21)S(=O)(=O)O.O=C(CCSSCCOC(=O)ON1C(=O)CCC1=O)CCC(C(=O)CC(=O)N1Cc2ccccc2C#Cc2ccccc21)S(=O)(=O)O.O=C(ON1C(=O)CCC1=O)ON1C(=O)CCC1=O.[2H]S(=BON)C=S. The molecule has 3 atom stereocenters. The predicted molar refractivity (Wildman–Crippen MR) is 402 cm³/mol. The zero-order valence-corrected chi connectivity index (χ0v) is 63.4. The van der Waals surface area contributed by atoms with Crippen LogP contribution in [-0.2, 0) is 115 Å². The number of fused-ring (bicyclic) bond motifs is 4. The van der Waals surface area contributed by atoms with Gasteiger partial charge >= 0.3 is 58.5 Å². The van der Waals surface area contributed by atoms with Crippen LogP contribution in [0.1, 0.15) is 123 Å². The molecule has 0 radical (unpaired) electrons. The fourth-order valence-corrected chi connectivity index (χ4v) is 15.5. The summed E-state index contributed by atoms with van der Waals surface area (Å²) in [6.45, 7) is 0.177. The topological polar surface area (TPSA) is 456 Å². The summed E-state index contributed by atoms with van der Waals surface area (Å²) in [6.07, 6.45) is -4.61. The number of hydrogen-bond acceptors (Lipinski definition) is 30. The predicted octanol–water partition coefficient (Wildman–Crippen LogP) is 5.85. The van der Waals surface area contributed by atoms with Gasteiger partial charge < -0.3 is 19.6 Å². The van der Waals surface area contributed by atoms with Crippen LogP contribution in [0.15, 0.2) is 97.1 Å². The Balaban J connectivity index is 0.000000263. The van der Waals surface area contributed by atoms with Gasteiger partial charge in [-0.25, -0.2) is 4.79 Å². The number of nitrogens with two attached hydrogens (primary N) is 1. The first-order chi connectivity index (χ1) is 51.9. The molecule has 0 bridgehead atoms. The van der Waals surface area contributed by atoms with Gasteiger partial charge in [-0.1, -0.05) is 143 Å². The van der Waals surface area contributed by atoms with E-state index in [1.54, 1.807) is 60.7 Å². The quantitative estimate of drug-likeness (QED) is 0.00327. The minimum absolute atomic E-state index is 0.0331. The number of benzene rings is 4. The van der Waals surface area contributed by atoms with Gasteiger partial charge in [0.1, 0.15) is 28.7 Å². The van der Waals surface area contributed by atoms with Gasteiger partial charge in [0.2, 0.25) is 11.8 Å². The van der Waals surface area contributed by atoms with E-state index in [-0.39, 0.29) is 112 Å². The Labute approximate surface area is 645 Å². The summed E-state index contributed by atoms with van der Waals surface area (Å²) in [6, 6.07) is 28.4. The third-order valence-corrected chi connectivity index (χ3v) is 23.0. The van der Waals surface area contributed by atoms with E-state index in [0.717, 1.165) is 23.0 Å². The van der Waals surface area contributed by atoms with Gasteiger partial charge in [0.25, 0.3) is 55.7 Å². The number of thiocarbonyl (C=S) groups is 1. The number of rotatable bonds is 32. The van der Waals surface area contributed by atoms with Gasteiger partial charge in [0, 0.05) is 109 Å². The minimum atomic E-state index is -4.91. The Morgan fingerprint density at radius 3 is 1.23 bits per heavy atom. The monoisotopic (exact) mass is 1640 g/mol. The first-order valence-corrected chi connectivity index (χ1v) is 41.6. The van der Waals surface area contributed by atoms with E-state index >= 15 is 0 Å². The molecule has 9 rings (SSSR count). The molecule has 4 aromatic carbocycles. The second-order valence-electron chi connectivity index (χ2n) is 22.6. The van der Waals surface area contributed by atoms with Gasteiger partial charge in [0.05, 0.1) is 43.9 Å². The standard InChI is InChI=1S/C31H30N2O11S3.C26H27NO7S3.C9H8N2O7.CH4BNOS2/c34-24(15-17-45-46-18-16-43-31(39)44-33-28(36)13-14-29(33)37)11-12-27(47(40,41)42)26(35)19-30(38)32-20-23-7-2-1-5-21(23)9-10-22-6-3-4-8-25(22)32;28-14-16-36-35-15-13-22(29)11-12-25(37(32,33)34)24(30)17-26(31)27-18-21-7-2-1-5-19(21)9-10-20-6-3-4-8-23(20)27;12-5-1-2-6(13)10(5)17-9(16)18-11-7(14)3-4-8(11)15;3-4-2-6-1-5/h1-8,27H,11-20H2,(H,40,41,42);1-8,25,28H,11-18H2,(H,32,33,34);1-4H2;1,6H,3H2/i;;;6D. The number of Topliss-reactive ketones (excluding diaryl/α,β-unsaturated/α-hetero) is 4. The number of ether oxygens (including phenoxy) is 1. The van der Waals surface area contributed by atoms with Crippen molar-refractivity contribution in [1.82, 2.24) is 15.2 Å². The van der Waals surface area contributed by atoms with Crippen LogP contribution in [0.2, 0.25) is 0 Å². The van der Waals surface area contributed by atoms with Crippen molar-refractivity contribution in [3.05, 3.63) is 130 Å². The number of thiol groups is 1. The molecule has 41 heteroatoms. The van der Waals surface area contributed by atoms with Crippen molar-refractivity contribution >= 4 is 192 Å². The third-order valence-electron chi connectivity index (χ3n) is 15.1. The molecule has 5 heterocycles. The zero-order chi connectivity index (χ0) is 79.8. The Kier molecular flexibility index (Phi) is 35.7. The van der Waals surface area contributed by atoms with Crippen molar-refractivity contribution in [2.24, 2.45) is 5.90 Å². The fraction of sp³-hybridized carbons (Fsp3) is 0.358. The number of carbonyl (C=O) groups is 14. The normalized spacial score (nSPS) is 15.0. The van der Waals surface area contributed by atoms with Gasteiger partial charge in [-0.3, -0.25) is 81.2 Å². The molecule has 3 fully saturated rings. The molecule has 5 aliphatic rings. The summed E-state index contributed by atoms with van der Waals surface area (Å²) in [4.78, 5) is 184. The molecular weight excluding hydrogens is 1570 g/mol. The maximum absolute atomic E-state index is 13.5. The first-order valence-electron chi connectivity index (χ1n) is 32.6. The van der Waals surface area contributed by atoms with Crippen molar-refractivity contribution in [1.29, 1.82) is 1.12 Å². The molecule has 32 nitrogen and oxygen atoms in total. The number of aliphatic hydroxyl groups excluding tert-OH is 1. The average molecular weight is 1640 g/mol. The van der Waals surface area contributed by atoms with Crippen LogP contribution >= 0.6 is 66.5 Å². The number of hydroxylamine groups is 6. The van der Waals surface area contributed by atoms with Crippen LogP contribution in [0.25, 0.3) is 0 Å². The molecule has 8 amide bonds. The molecule has 4 aromatic rings. The summed E-state index contributed by atoms with van der Waals surface area (Å²) >= 11 is 3.56. The molecule has 0 aromatic heterocycles. The second kappa shape index (κ2) is 44.6. The van der Waals surface area contributed by atoms with Gasteiger partial charge in [-0.05, 0) is 60.4 Å². The van der Waals surface area contributed by atoms with Crippen molar-refractivity contribution in [3.8, 4) is 23.7 Å². The third kappa shape index (κ3) is 28.3. The van der Waals surface area contributed by atoms with Crippen molar-refractivity contribution in [2.75, 3.05) is 46.0 Å². The molecule has 574 valence electrons. The second-order valence-corrected chi connectivity index (χ2v) is 32.4. The van der Waals surface area contributed by atoms with Gasteiger partial charge in [0.15, 0.2) is 11.6 Å². The molecule has 3 unspecified atom stereocenters. The van der Waals surface area contributed by atoms with Crippen LogP contribution < -0.4 is 15.7 Å². The molecule has 108 heavy (non-hydrogen) atoms. The van der Waals surface area contributed by atoms with E-state index in [2.05, 4.69) is 61.1 Å². The van der Waals surface area contributed by atoms with E-state index in [1.165, 1.54) is 57.7 Å². The Morgan fingerprint density at radius 2 is 0.870 bits per heavy atom. The van der Waals surface area contributed by atoms with Crippen LogP contribution in [0.5, 0.6) is 0 Å². The Morgan fingerprint density at radius 1 is 0.528 bits per heavy atom. The van der Waals surface area contributed by atoms with Crippen LogP contribution in [0, 0.1) is 23.7 Å². The van der Waals surface area contributed by atoms with Gasteiger partial charge in [-0.15, -0.1) is 0 Å². The fourth-order valence-electron chi connectivity index (χ4n) is 9.96. The number of aliphatic hydroxyl groups is 1. The van der Waals surface area contributed by atoms with E-state index in [1.807, 2.05) is 36.4 Å². The molecule has 0 aliphatic carbocycles. The summed E-state index contributed by atoms with van der Waals surface area (Å²) < 4.78 is 84.6. The summed E-state index contributed by atoms with van der Waals surface area (Å²) in [5, 5.41) is 5.84. The molecule has 0 saturated carbocycles. The number of ketones is 4. The number of imide groups is 3. The Bertz CT molecular complexity index is 4460. The molecule has 0 spiro atoms. The van der Waals surface area contributed by atoms with Crippen molar-refractivity contribution < 1.29 is 122 Å². The summed E-state index contributed by atoms with van der Waals surface area (Å²) in [7, 11) is -4.35. The molecular formula is C67H69BN6O26S8. The van der Waals surface area contributed by atoms with E-state index < -0.39 is 139 Å². The van der Waals surface area contributed by atoms with E-state index in [4.69, 9.17) is 11.0 Å². The number of nitrogens with zero attached hydrogens (tertiary/aromatic N) is 5. The maximum atomic E-state index is 13.5. The Hall–Kier alpha value is -8.82. The van der Waals surface area contributed by atoms with Crippen LogP contribution in [-0.4, -0.2) is 188 Å². The first kappa shape index (κ1) is 86.4. The molecule has 5 N–H and O–H groups in total. The molecule has 5 aliphatic heterocycles. The summed E-state index contributed by atoms with van der Waals surface area (Å²) in [5.41, 5.74) is 5.07. The van der Waals surface area contributed by atoms with E-state index in [0.29, 0.717) is 56.1 Å². The average Bonchev–Trinajstić information content (AvgIpc) is 1.33. The van der Waals surface area contributed by atoms with Crippen molar-refractivity contribution in [3.63, 3.8) is 0 Å². The number of anilines is 2. The number of hydrogen-bond donors (Lipinski definition) is 5. The van der Waals surface area contributed by atoms with Gasteiger partial charge in [-0.2, -0.15) is 21.6 Å². The summed E-state index contributed by atoms with van der Waals surface area (Å²) in [5.74, 6) is 10.6. The van der Waals surface area contributed by atoms with Crippen LogP contribution in [0.3, 0.4) is 0 Å². The number of para-hydroxylation sites is 2. The zero-order valence-electron chi connectivity index (χ0n) is 57.9. The van der Waals surface area contributed by atoms with Crippen molar-refractivity contribution in [2.45, 2.75) is 113 Å². The van der Waals surface area contributed by atoms with Crippen LogP contribution in [0.4, 0.5) is 21.0 Å². The van der Waals surface area contributed by atoms with E-state index in [9.17, 15) is 93.1 Å². The number of carbonyl (C=O) groups excluding carboxylic acids is 14. The number of amides is 8. The molecule has 3 saturated heterocycles.